The first-order valence-electron chi connectivity index (χ1n) is 3.81. The fourth-order valence-electron chi connectivity index (χ4n) is 1.44. The van der Waals surface area contributed by atoms with E-state index in [9.17, 15) is 0 Å². The lowest BCUT2D eigenvalue weighted by atomic mass is 9.80. The van der Waals surface area contributed by atoms with Gasteiger partial charge in [-0.25, -0.2) is 0 Å². The standard InChI is InChI=1S/C9H19N/c1-6-8(7(2)3)9(4,5)10/h6-8H,1,10H2,2-5H3. The third-order valence-electron chi connectivity index (χ3n) is 1.83. The van der Waals surface area contributed by atoms with E-state index in [1.165, 1.54) is 0 Å². The Balaban J connectivity index is 4.21. The van der Waals surface area contributed by atoms with Crippen LogP contribution in [-0.2, 0) is 0 Å². The van der Waals surface area contributed by atoms with Gasteiger partial charge in [-0.1, -0.05) is 19.9 Å². The van der Waals surface area contributed by atoms with Gasteiger partial charge in [0.15, 0.2) is 0 Å². The van der Waals surface area contributed by atoms with Gasteiger partial charge in [0.05, 0.1) is 0 Å². The van der Waals surface area contributed by atoms with Crippen LogP contribution in [0.4, 0.5) is 0 Å². The molecule has 0 fully saturated rings. The summed E-state index contributed by atoms with van der Waals surface area (Å²) in [4.78, 5) is 0. The van der Waals surface area contributed by atoms with Crippen molar-refractivity contribution < 1.29 is 0 Å². The van der Waals surface area contributed by atoms with E-state index >= 15 is 0 Å². The second-order valence-corrected chi connectivity index (χ2v) is 3.83. The van der Waals surface area contributed by atoms with Crippen molar-refractivity contribution in [2.75, 3.05) is 0 Å². The predicted molar refractivity (Wildman–Crippen MR) is 46.8 cm³/mol. The lowest BCUT2D eigenvalue weighted by Gasteiger charge is -2.30. The van der Waals surface area contributed by atoms with E-state index in [4.69, 9.17) is 5.73 Å². The van der Waals surface area contributed by atoms with E-state index in [-0.39, 0.29) is 5.54 Å². The molecule has 0 rings (SSSR count). The van der Waals surface area contributed by atoms with Gasteiger partial charge in [-0.3, -0.25) is 0 Å². The summed E-state index contributed by atoms with van der Waals surface area (Å²) in [5, 5.41) is 0. The predicted octanol–water partition coefficient (Wildman–Crippen LogP) is 2.18. The highest BCUT2D eigenvalue weighted by atomic mass is 14.7. The number of rotatable bonds is 3. The molecule has 60 valence electrons. The second-order valence-electron chi connectivity index (χ2n) is 3.83. The molecule has 0 aliphatic carbocycles. The van der Waals surface area contributed by atoms with Crippen LogP contribution in [-0.4, -0.2) is 5.54 Å². The highest BCUT2D eigenvalue weighted by Gasteiger charge is 2.24. The summed E-state index contributed by atoms with van der Waals surface area (Å²) < 4.78 is 0. The third-order valence-corrected chi connectivity index (χ3v) is 1.83. The van der Waals surface area contributed by atoms with Gasteiger partial charge in [-0.15, -0.1) is 6.58 Å². The molecule has 0 aromatic heterocycles. The van der Waals surface area contributed by atoms with Gasteiger partial charge in [0.25, 0.3) is 0 Å². The van der Waals surface area contributed by atoms with Crippen LogP contribution in [0.5, 0.6) is 0 Å². The number of hydrogen-bond acceptors (Lipinski definition) is 1. The Kier molecular flexibility index (Phi) is 3.10. The van der Waals surface area contributed by atoms with Crippen LogP contribution in [0, 0.1) is 11.8 Å². The summed E-state index contributed by atoms with van der Waals surface area (Å²) in [5.74, 6) is 0.991. The summed E-state index contributed by atoms with van der Waals surface area (Å²) >= 11 is 0. The van der Waals surface area contributed by atoms with E-state index < -0.39 is 0 Å². The van der Waals surface area contributed by atoms with Crippen molar-refractivity contribution in [3.8, 4) is 0 Å². The molecular weight excluding hydrogens is 122 g/mol. The Morgan fingerprint density at radius 3 is 1.80 bits per heavy atom. The van der Waals surface area contributed by atoms with Gasteiger partial charge in [-0.2, -0.15) is 0 Å². The molecule has 0 radical (unpaired) electrons. The van der Waals surface area contributed by atoms with Crippen LogP contribution >= 0.6 is 0 Å². The molecule has 0 aliphatic rings. The molecular formula is C9H19N. The van der Waals surface area contributed by atoms with E-state index in [1.807, 2.05) is 19.9 Å². The molecule has 2 N–H and O–H groups in total. The van der Waals surface area contributed by atoms with Gasteiger partial charge in [0.1, 0.15) is 0 Å². The van der Waals surface area contributed by atoms with E-state index in [1.54, 1.807) is 0 Å². The first-order chi connectivity index (χ1) is 4.39. The van der Waals surface area contributed by atoms with Crippen LogP contribution in [0.15, 0.2) is 12.7 Å². The largest absolute Gasteiger partial charge is 0.325 e. The van der Waals surface area contributed by atoms with Gasteiger partial charge < -0.3 is 5.73 Å². The molecule has 0 amide bonds. The minimum atomic E-state index is -0.129. The molecule has 1 unspecified atom stereocenters. The highest BCUT2D eigenvalue weighted by molar-refractivity contribution is 4.94. The van der Waals surface area contributed by atoms with Crippen molar-refractivity contribution in [1.29, 1.82) is 0 Å². The van der Waals surface area contributed by atoms with Crippen LogP contribution in [0.1, 0.15) is 27.7 Å². The smallest absolute Gasteiger partial charge is 0.0162 e. The van der Waals surface area contributed by atoms with Gasteiger partial charge in [0.2, 0.25) is 0 Å². The molecule has 1 heteroatoms. The highest BCUT2D eigenvalue weighted by Crippen LogP contribution is 2.22. The topological polar surface area (TPSA) is 26.0 Å². The second kappa shape index (κ2) is 3.20. The number of nitrogens with two attached hydrogens (primary N) is 1. The molecule has 1 atom stereocenters. The molecule has 0 aromatic carbocycles. The zero-order valence-electron chi connectivity index (χ0n) is 7.52. The molecule has 10 heavy (non-hydrogen) atoms. The minimum Gasteiger partial charge on any atom is -0.325 e. The van der Waals surface area contributed by atoms with Crippen LogP contribution in [0.2, 0.25) is 0 Å². The monoisotopic (exact) mass is 141 g/mol. The first-order valence-corrected chi connectivity index (χ1v) is 3.81. The zero-order valence-corrected chi connectivity index (χ0v) is 7.52. The molecule has 0 aliphatic heterocycles. The van der Waals surface area contributed by atoms with Gasteiger partial charge >= 0.3 is 0 Å². The summed E-state index contributed by atoms with van der Waals surface area (Å²) in [7, 11) is 0. The van der Waals surface area contributed by atoms with Crippen LogP contribution < -0.4 is 5.73 Å². The Morgan fingerprint density at radius 2 is 1.80 bits per heavy atom. The van der Waals surface area contributed by atoms with E-state index in [0.29, 0.717) is 11.8 Å². The van der Waals surface area contributed by atoms with Gasteiger partial charge in [-0.05, 0) is 25.7 Å². The van der Waals surface area contributed by atoms with Crippen LogP contribution in [0.25, 0.3) is 0 Å². The quantitative estimate of drug-likeness (QED) is 0.599. The fourth-order valence-corrected chi connectivity index (χ4v) is 1.44. The van der Waals surface area contributed by atoms with Crippen molar-refractivity contribution >= 4 is 0 Å². The zero-order chi connectivity index (χ0) is 8.36. The molecule has 0 spiro atoms. The Hall–Kier alpha value is -0.300. The molecule has 0 bridgehead atoms. The lowest BCUT2D eigenvalue weighted by molar-refractivity contribution is 0.302. The van der Waals surface area contributed by atoms with E-state index in [0.717, 1.165) is 0 Å². The molecule has 0 saturated carbocycles. The maximum atomic E-state index is 5.92. The maximum absolute atomic E-state index is 5.92. The minimum absolute atomic E-state index is 0.129. The average Bonchev–Trinajstić information content (AvgIpc) is 1.60. The first kappa shape index (κ1) is 9.70. The Bertz CT molecular complexity index is 108. The summed E-state index contributed by atoms with van der Waals surface area (Å²) in [6, 6.07) is 0. The Labute approximate surface area is 64.3 Å². The summed E-state index contributed by atoms with van der Waals surface area (Å²) in [6.07, 6.45) is 1.95. The number of hydrogen-bond donors (Lipinski definition) is 1. The maximum Gasteiger partial charge on any atom is 0.0162 e. The van der Waals surface area contributed by atoms with Gasteiger partial charge in [0, 0.05) is 5.54 Å². The van der Waals surface area contributed by atoms with Crippen molar-refractivity contribution in [3.05, 3.63) is 12.7 Å². The van der Waals surface area contributed by atoms with Crippen molar-refractivity contribution in [3.63, 3.8) is 0 Å². The van der Waals surface area contributed by atoms with E-state index in [2.05, 4.69) is 20.4 Å². The average molecular weight is 141 g/mol. The summed E-state index contributed by atoms with van der Waals surface area (Å²) in [6.45, 7) is 12.2. The van der Waals surface area contributed by atoms with Crippen molar-refractivity contribution in [2.24, 2.45) is 17.6 Å². The molecule has 1 nitrogen and oxygen atoms in total. The normalized spacial score (nSPS) is 15.4. The van der Waals surface area contributed by atoms with Crippen molar-refractivity contribution in [1.82, 2.24) is 0 Å². The Morgan fingerprint density at radius 1 is 1.40 bits per heavy atom. The molecule has 0 aromatic rings. The summed E-state index contributed by atoms with van der Waals surface area (Å²) in [5.41, 5.74) is 5.79. The third kappa shape index (κ3) is 2.53. The SMILES string of the molecule is C=CC(C(C)C)C(C)(C)N. The lowest BCUT2D eigenvalue weighted by Crippen LogP contribution is -2.42. The van der Waals surface area contributed by atoms with Crippen LogP contribution in [0.3, 0.4) is 0 Å². The fraction of sp³-hybridized carbons (Fsp3) is 0.778. The van der Waals surface area contributed by atoms with Crippen molar-refractivity contribution in [2.45, 2.75) is 33.2 Å². The molecule has 0 heterocycles. The molecule has 0 saturated heterocycles.